The zero-order chi connectivity index (χ0) is 11.0. The third kappa shape index (κ3) is 4.97. The van der Waals surface area contributed by atoms with Crippen LogP contribution in [0.3, 0.4) is 0 Å². The van der Waals surface area contributed by atoms with E-state index in [1.165, 1.54) is 19.3 Å². The largest absolute Gasteiger partial charge is 0.380 e. The number of hydrogen-bond donors (Lipinski definition) is 1. The molecule has 0 aromatic heterocycles. The third-order valence-corrected chi connectivity index (χ3v) is 2.58. The minimum atomic E-state index is 0.349. The first-order valence-electron chi connectivity index (χ1n) is 5.93. The molecular weight excluding hydrogens is 174 g/mol. The molecule has 0 radical (unpaired) electrons. The second-order valence-corrected chi connectivity index (χ2v) is 4.29. The highest BCUT2D eigenvalue weighted by Gasteiger charge is 2.22. The molecule has 0 spiro atoms. The summed E-state index contributed by atoms with van der Waals surface area (Å²) >= 11 is 0. The van der Waals surface area contributed by atoms with Gasteiger partial charge < -0.3 is 10.1 Å². The summed E-state index contributed by atoms with van der Waals surface area (Å²) in [5, 5.41) is 3.58. The monoisotopic (exact) mass is 201 g/mol. The van der Waals surface area contributed by atoms with E-state index >= 15 is 0 Å². The predicted molar refractivity (Wildman–Crippen MR) is 62.6 cm³/mol. The fourth-order valence-electron chi connectivity index (χ4n) is 1.92. The van der Waals surface area contributed by atoms with Crippen molar-refractivity contribution in [3.8, 4) is 0 Å². The van der Waals surface area contributed by atoms with Crippen LogP contribution in [0.5, 0.6) is 0 Å². The Kier molecular flexibility index (Phi) is 8.20. The van der Waals surface area contributed by atoms with E-state index in [1.54, 1.807) is 0 Å². The highest BCUT2D eigenvalue weighted by molar-refractivity contribution is 4.78. The van der Waals surface area contributed by atoms with Crippen molar-refractivity contribution in [3.63, 3.8) is 0 Å². The summed E-state index contributed by atoms with van der Waals surface area (Å²) in [5.41, 5.74) is 0. The van der Waals surface area contributed by atoms with Gasteiger partial charge in [-0.1, -0.05) is 34.1 Å². The molecule has 2 nitrogen and oxygen atoms in total. The summed E-state index contributed by atoms with van der Waals surface area (Å²) in [6.07, 6.45) is 3.96. The van der Waals surface area contributed by atoms with Crippen LogP contribution in [0.25, 0.3) is 0 Å². The molecule has 86 valence electrons. The number of rotatable bonds is 8. The zero-order valence-corrected chi connectivity index (χ0v) is 10.5. The lowest BCUT2D eigenvalue weighted by Crippen LogP contribution is -2.44. The first-order chi connectivity index (χ1) is 6.67. The van der Waals surface area contributed by atoms with Crippen molar-refractivity contribution in [2.24, 2.45) is 5.92 Å². The Morgan fingerprint density at radius 2 is 1.79 bits per heavy atom. The van der Waals surface area contributed by atoms with Gasteiger partial charge in [-0.05, 0) is 25.3 Å². The van der Waals surface area contributed by atoms with Gasteiger partial charge in [-0.15, -0.1) is 0 Å². The fourth-order valence-corrected chi connectivity index (χ4v) is 1.92. The summed E-state index contributed by atoms with van der Waals surface area (Å²) in [6.45, 7) is 9.98. The normalized spacial score (nSPS) is 15.9. The van der Waals surface area contributed by atoms with Crippen molar-refractivity contribution in [3.05, 3.63) is 0 Å². The van der Waals surface area contributed by atoms with Crippen LogP contribution >= 0.6 is 0 Å². The van der Waals surface area contributed by atoms with Crippen LogP contribution in [0.1, 0.15) is 47.0 Å². The maximum atomic E-state index is 5.56. The van der Waals surface area contributed by atoms with Crippen molar-refractivity contribution >= 4 is 0 Å². The molecule has 1 N–H and O–H groups in total. The number of ether oxygens (including phenoxy) is 1. The summed E-state index contributed by atoms with van der Waals surface area (Å²) in [7, 11) is 1.82. The third-order valence-electron chi connectivity index (χ3n) is 2.58. The topological polar surface area (TPSA) is 21.3 Å². The molecule has 0 rings (SSSR count). The molecule has 0 fully saturated rings. The van der Waals surface area contributed by atoms with E-state index in [0.717, 1.165) is 6.54 Å². The number of nitrogens with one attached hydrogen (secondary N) is 1. The maximum absolute atomic E-state index is 5.56. The van der Waals surface area contributed by atoms with Crippen LogP contribution in [0.4, 0.5) is 0 Å². The highest BCUT2D eigenvalue weighted by Crippen LogP contribution is 2.14. The summed E-state index contributed by atoms with van der Waals surface area (Å²) in [5.74, 6) is 0.584. The Balaban J connectivity index is 4.12. The lowest BCUT2D eigenvalue weighted by Gasteiger charge is -2.29. The Morgan fingerprint density at radius 1 is 1.14 bits per heavy atom. The van der Waals surface area contributed by atoms with E-state index in [9.17, 15) is 0 Å². The lowest BCUT2D eigenvalue weighted by atomic mass is 9.96. The smallest absolute Gasteiger partial charge is 0.0747 e. The molecule has 0 amide bonds. The van der Waals surface area contributed by atoms with Gasteiger partial charge in [-0.3, -0.25) is 0 Å². The van der Waals surface area contributed by atoms with Crippen LogP contribution in [0.2, 0.25) is 0 Å². The first kappa shape index (κ1) is 13.9. The molecule has 0 saturated heterocycles. The van der Waals surface area contributed by atoms with Crippen LogP contribution < -0.4 is 5.32 Å². The van der Waals surface area contributed by atoms with Gasteiger partial charge in [0.2, 0.25) is 0 Å². The molecule has 2 unspecified atom stereocenters. The first-order valence-corrected chi connectivity index (χ1v) is 5.93. The minimum absolute atomic E-state index is 0.349. The Hall–Kier alpha value is -0.0800. The highest BCUT2D eigenvalue weighted by atomic mass is 16.5. The summed E-state index contributed by atoms with van der Waals surface area (Å²) in [4.78, 5) is 0. The van der Waals surface area contributed by atoms with E-state index in [1.807, 2.05) is 7.11 Å². The summed E-state index contributed by atoms with van der Waals surface area (Å²) < 4.78 is 5.56. The van der Waals surface area contributed by atoms with Crippen LogP contribution in [-0.4, -0.2) is 25.8 Å². The fraction of sp³-hybridized carbons (Fsp3) is 1.00. The van der Waals surface area contributed by atoms with Crippen molar-refractivity contribution in [1.29, 1.82) is 0 Å². The molecule has 2 atom stereocenters. The molecular formula is C12H27NO. The van der Waals surface area contributed by atoms with E-state index in [2.05, 4.69) is 33.0 Å². The van der Waals surface area contributed by atoms with Crippen molar-refractivity contribution in [2.45, 2.75) is 59.1 Å². The van der Waals surface area contributed by atoms with Crippen molar-refractivity contribution < 1.29 is 4.74 Å². The molecule has 2 heteroatoms. The lowest BCUT2D eigenvalue weighted by molar-refractivity contribution is 0.0305. The van der Waals surface area contributed by atoms with E-state index in [0.29, 0.717) is 18.1 Å². The van der Waals surface area contributed by atoms with Gasteiger partial charge in [0.15, 0.2) is 0 Å². The molecule has 0 aliphatic carbocycles. The van der Waals surface area contributed by atoms with Crippen LogP contribution in [0.15, 0.2) is 0 Å². The van der Waals surface area contributed by atoms with Gasteiger partial charge in [0, 0.05) is 13.2 Å². The SMILES string of the molecule is CCCNC(CCC)C(OC)C(C)C. The average Bonchev–Trinajstić information content (AvgIpc) is 2.14. The van der Waals surface area contributed by atoms with Gasteiger partial charge in [-0.25, -0.2) is 0 Å². The second kappa shape index (κ2) is 8.25. The van der Waals surface area contributed by atoms with Crippen molar-refractivity contribution in [2.75, 3.05) is 13.7 Å². The van der Waals surface area contributed by atoms with E-state index < -0.39 is 0 Å². The average molecular weight is 201 g/mol. The van der Waals surface area contributed by atoms with Crippen LogP contribution in [-0.2, 0) is 4.74 Å². The van der Waals surface area contributed by atoms with Gasteiger partial charge in [0.1, 0.15) is 0 Å². The molecule has 0 aliphatic heterocycles. The maximum Gasteiger partial charge on any atom is 0.0747 e. The van der Waals surface area contributed by atoms with Gasteiger partial charge in [0.05, 0.1) is 6.10 Å². The van der Waals surface area contributed by atoms with Gasteiger partial charge in [0.25, 0.3) is 0 Å². The second-order valence-electron chi connectivity index (χ2n) is 4.29. The van der Waals surface area contributed by atoms with Gasteiger partial charge >= 0.3 is 0 Å². The molecule has 0 aromatic rings. The Morgan fingerprint density at radius 3 is 2.14 bits per heavy atom. The van der Waals surface area contributed by atoms with E-state index in [-0.39, 0.29) is 0 Å². The van der Waals surface area contributed by atoms with E-state index in [4.69, 9.17) is 4.74 Å². The number of hydrogen-bond acceptors (Lipinski definition) is 2. The number of methoxy groups -OCH3 is 1. The molecule has 0 bridgehead atoms. The predicted octanol–water partition coefficient (Wildman–Crippen LogP) is 2.83. The zero-order valence-electron chi connectivity index (χ0n) is 10.5. The molecule has 0 saturated carbocycles. The molecule has 0 aromatic carbocycles. The molecule has 14 heavy (non-hydrogen) atoms. The minimum Gasteiger partial charge on any atom is -0.380 e. The quantitative estimate of drug-likeness (QED) is 0.652. The summed E-state index contributed by atoms with van der Waals surface area (Å²) in [6, 6.07) is 0.518. The van der Waals surface area contributed by atoms with Gasteiger partial charge in [-0.2, -0.15) is 0 Å². The standard InChI is InChI=1S/C12H27NO/c1-6-8-11(13-9-7-2)12(14-5)10(3)4/h10-13H,6-9H2,1-5H3. The Labute approximate surface area is 89.4 Å². The van der Waals surface area contributed by atoms with Crippen molar-refractivity contribution in [1.82, 2.24) is 5.32 Å². The molecule has 0 heterocycles. The van der Waals surface area contributed by atoms with Crippen LogP contribution in [0, 0.1) is 5.92 Å². The molecule has 0 aliphatic rings. The Bertz CT molecular complexity index is 125.